The highest BCUT2D eigenvalue weighted by molar-refractivity contribution is 7.18. The van der Waals surface area contributed by atoms with Crippen LogP contribution in [0.2, 0.25) is 0 Å². The Morgan fingerprint density at radius 2 is 1.93 bits per heavy atom. The fourth-order valence-corrected chi connectivity index (χ4v) is 4.85. The molecule has 6 nitrogen and oxygen atoms in total. The van der Waals surface area contributed by atoms with Crippen molar-refractivity contribution >= 4 is 27.5 Å². The number of carbonyl (C=O) groups is 1. The second-order valence-corrected chi connectivity index (χ2v) is 8.48. The second kappa shape index (κ2) is 8.87. The van der Waals surface area contributed by atoms with E-state index >= 15 is 0 Å². The van der Waals surface area contributed by atoms with E-state index in [0.29, 0.717) is 11.9 Å². The van der Waals surface area contributed by atoms with Crippen LogP contribution in [0.3, 0.4) is 0 Å². The van der Waals surface area contributed by atoms with Gasteiger partial charge in [-0.3, -0.25) is 18.7 Å². The Labute approximate surface area is 163 Å². The minimum Gasteiger partial charge on any atom is -0.352 e. The maximum Gasteiger partial charge on any atom is 0.332 e. The molecule has 1 fully saturated rings. The zero-order chi connectivity index (χ0) is 19.4. The highest BCUT2D eigenvalue weighted by atomic mass is 32.1. The predicted octanol–water partition coefficient (Wildman–Crippen LogP) is 3.04. The maximum absolute atomic E-state index is 13.0. The normalized spacial score (nSPS) is 15.3. The number of nitrogens with one attached hydrogen (secondary N) is 1. The van der Waals surface area contributed by atoms with Crippen LogP contribution in [0.25, 0.3) is 10.2 Å². The van der Waals surface area contributed by atoms with Crippen molar-refractivity contribution in [2.24, 2.45) is 0 Å². The number of thiophene rings is 1. The summed E-state index contributed by atoms with van der Waals surface area (Å²) in [4.78, 5) is 40.2. The van der Waals surface area contributed by atoms with E-state index < -0.39 is 0 Å². The Balaban J connectivity index is 1.94. The van der Waals surface area contributed by atoms with Crippen molar-refractivity contribution in [1.29, 1.82) is 0 Å². The third-order valence-electron chi connectivity index (χ3n) is 5.30. The average molecular weight is 392 g/mol. The van der Waals surface area contributed by atoms with Crippen molar-refractivity contribution in [3.63, 3.8) is 0 Å². The SMILES string of the molecule is CCCCn1c(=O)n(CC(=O)NC2CCCCC2)c(=O)c2cc(CC)sc21. The Kier molecular flexibility index (Phi) is 6.52. The van der Waals surface area contributed by atoms with E-state index in [1.165, 1.54) is 17.8 Å². The molecular formula is C20H29N3O3S. The largest absolute Gasteiger partial charge is 0.352 e. The molecule has 148 valence electrons. The van der Waals surface area contributed by atoms with E-state index in [1.54, 1.807) is 4.57 Å². The quantitative estimate of drug-likeness (QED) is 0.788. The molecule has 0 saturated heterocycles. The van der Waals surface area contributed by atoms with Gasteiger partial charge in [-0.25, -0.2) is 4.79 Å². The molecule has 1 aliphatic carbocycles. The minimum absolute atomic E-state index is 0.167. The lowest BCUT2D eigenvalue weighted by Gasteiger charge is -2.23. The van der Waals surface area contributed by atoms with Gasteiger partial charge in [0.2, 0.25) is 5.91 Å². The van der Waals surface area contributed by atoms with Gasteiger partial charge >= 0.3 is 5.69 Å². The smallest absolute Gasteiger partial charge is 0.332 e. The lowest BCUT2D eigenvalue weighted by Crippen LogP contribution is -2.45. The number of amides is 1. The third kappa shape index (κ3) is 4.34. The van der Waals surface area contributed by atoms with Gasteiger partial charge in [-0.15, -0.1) is 11.3 Å². The van der Waals surface area contributed by atoms with Gasteiger partial charge in [-0.2, -0.15) is 0 Å². The number of aryl methyl sites for hydroxylation is 2. The average Bonchev–Trinajstić information content (AvgIpc) is 3.10. The highest BCUT2D eigenvalue weighted by Crippen LogP contribution is 2.23. The first-order valence-corrected chi connectivity index (χ1v) is 10.9. The molecule has 0 aliphatic heterocycles. The van der Waals surface area contributed by atoms with Crippen LogP contribution in [0.5, 0.6) is 0 Å². The number of aromatic nitrogens is 2. The third-order valence-corrected chi connectivity index (χ3v) is 6.60. The predicted molar refractivity (Wildman–Crippen MR) is 110 cm³/mol. The fraction of sp³-hybridized carbons (Fsp3) is 0.650. The van der Waals surface area contributed by atoms with Gasteiger partial charge < -0.3 is 5.32 Å². The summed E-state index contributed by atoms with van der Waals surface area (Å²) in [6.07, 6.45) is 8.05. The van der Waals surface area contributed by atoms with Crippen molar-refractivity contribution in [3.05, 3.63) is 31.8 Å². The van der Waals surface area contributed by atoms with Gasteiger partial charge in [-0.1, -0.05) is 39.5 Å². The number of rotatable bonds is 7. The molecule has 3 rings (SSSR count). The first kappa shape index (κ1) is 19.9. The summed E-state index contributed by atoms with van der Waals surface area (Å²) in [6, 6.07) is 2.04. The number of unbranched alkanes of at least 4 members (excludes halogenated alkanes) is 1. The molecule has 1 amide bonds. The van der Waals surface area contributed by atoms with E-state index in [0.717, 1.165) is 59.2 Å². The van der Waals surface area contributed by atoms with Gasteiger partial charge in [0.15, 0.2) is 0 Å². The molecule has 0 spiro atoms. The molecule has 0 aromatic carbocycles. The molecule has 2 aromatic heterocycles. The monoisotopic (exact) mass is 391 g/mol. The first-order chi connectivity index (χ1) is 13.0. The number of fused-ring (bicyclic) bond motifs is 1. The van der Waals surface area contributed by atoms with Gasteiger partial charge in [0.25, 0.3) is 5.56 Å². The van der Waals surface area contributed by atoms with Gasteiger partial charge in [0, 0.05) is 17.5 Å². The van der Waals surface area contributed by atoms with Crippen LogP contribution in [0, 0.1) is 0 Å². The van der Waals surface area contributed by atoms with Crippen LogP contribution in [0.1, 0.15) is 63.7 Å². The van der Waals surface area contributed by atoms with Gasteiger partial charge in [0.05, 0.1) is 5.39 Å². The van der Waals surface area contributed by atoms with Gasteiger partial charge in [0.1, 0.15) is 11.4 Å². The van der Waals surface area contributed by atoms with Crippen molar-refractivity contribution < 1.29 is 4.79 Å². The minimum atomic E-state index is -0.371. The van der Waals surface area contributed by atoms with Crippen LogP contribution < -0.4 is 16.6 Å². The van der Waals surface area contributed by atoms with Crippen molar-refractivity contribution in [2.45, 2.75) is 84.3 Å². The van der Waals surface area contributed by atoms with E-state index in [1.807, 2.05) is 13.0 Å². The van der Waals surface area contributed by atoms with Crippen LogP contribution in [-0.2, 0) is 24.3 Å². The van der Waals surface area contributed by atoms with Crippen molar-refractivity contribution in [2.75, 3.05) is 0 Å². The Morgan fingerprint density at radius 1 is 1.19 bits per heavy atom. The molecule has 0 atom stereocenters. The summed E-state index contributed by atoms with van der Waals surface area (Å²) in [5, 5.41) is 3.56. The second-order valence-electron chi connectivity index (χ2n) is 7.37. The van der Waals surface area contributed by atoms with Crippen LogP contribution >= 0.6 is 11.3 Å². The number of nitrogens with zero attached hydrogens (tertiary/aromatic N) is 2. The highest BCUT2D eigenvalue weighted by Gasteiger charge is 2.20. The summed E-state index contributed by atoms with van der Waals surface area (Å²) in [7, 11) is 0. The van der Waals surface area contributed by atoms with Crippen LogP contribution in [0.15, 0.2) is 15.7 Å². The van der Waals surface area contributed by atoms with E-state index in [2.05, 4.69) is 12.2 Å². The molecule has 2 heterocycles. The summed E-state index contributed by atoms with van der Waals surface area (Å²) >= 11 is 1.51. The number of carbonyl (C=O) groups excluding carboxylic acids is 1. The van der Waals surface area contributed by atoms with E-state index in [4.69, 9.17) is 0 Å². The van der Waals surface area contributed by atoms with Crippen LogP contribution in [0.4, 0.5) is 0 Å². The van der Waals surface area contributed by atoms with Gasteiger partial charge in [-0.05, 0) is 31.7 Å². The van der Waals surface area contributed by atoms with E-state index in [-0.39, 0.29) is 29.7 Å². The summed E-state index contributed by atoms with van der Waals surface area (Å²) in [5.41, 5.74) is -0.721. The standard InChI is InChI=1S/C20H29N3O3S/c1-3-5-11-22-19-16(12-15(4-2)27-19)18(25)23(20(22)26)13-17(24)21-14-9-7-6-8-10-14/h12,14H,3-11,13H2,1-2H3,(H,21,24). The Morgan fingerprint density at radius 3 is 2.59 bits per heavy atom. The molecule has 1 saturated carbocycles. The molecule has 27 heavy (non-hydrogen) atoms. The van der Waals surface area contributed by atoms with Crippen LogP contribution in [-0.4, -0.2) is 21.1 Å². The molecule has 0 unspecified atom stereocenters. The molecule has 2 aromatic rings. The Hall–Kier alpha value is -1.89. The summed E-state index contributed by atoms with van der Waals surface area (Å²) in [6.45, 7) is 4.48. The molecule has 0 bridgehead atoms. The lowest BCUT2D eigenvalue weighted by atomic mass is 9.95. The van der Waals surface area contributed by atoms with E-state index in [9.17, 15) is 14.4 Å². The van der Waals surface area contributed by atoms with Crippen molar-refractivity contribution in [3.8, 4) is 0 Å². The summed E-state index contributed by atoms with van der Waals surface area (Å²) in [5.74, 6) is -0.242. The molecule has 0 radical (unpaired) electrons. The molecular weight excluding hydrogens is 362 g/mol. The Bertz CT molecular complexity index is 919. The number of hydrogen-bond donors (Lipinski definition) is 1. The first-order valence-electron chi connectivity index (χ1n) is 10.1. The zero-order valence-corrected chi connectivity index (χ0v) is 17.1. The molecule has 1 aliphatic rings. The molecule has 1 N–H and O–H groups in total. The molecule has 7 heteroatoms. The van der Waals surface area contributed by atoms with Crippen molar-refractivity contribution in [1.82, 2.24) is 14.5 Å². The maximum atomic E-state index is 13.0. The number of hydrogen-bond acceptors (Lipinski definition) is 4. The lowest BCUT2D eigenvalue weighted by molar-refractivity contribution is -0.122. The zero-order valence-electron chi connectivity index (χ0n) is 16.3. The summed E-state index contributed by atoms with van der Waals surface area (Å²) < 4.78 is 2.79. The fourth-order valence-electron chi connectivity index (χ4n) is 3.74. The topological polar surface area (TPSA) is 73.1 Å².